The molecule has 61 heavy (non-hydrogen) atoms. The quantitative estimate of drug-likeness (QED) is 0.140. The van der Waals surface area contributed by atoms with E-state index in [4.69, 9.17) is 28.9 Å². The number of nitrogens with one attached hydrogen (secondary N) is 6. The lowest BCUT2D eigenvalue weighted by Gasteiger charge is -2.37. The molecule has 328 valence electrons. The van der Waals surface area contributed by atoms with E-state index in [1.165, 1.54) is 5.69 Å². The predicted molar refractivity (Wildman–Crippen MR) is 256 cm³/mol. The van der Waals surface area contributed by atoms with Crippen LogP contribution in [0.1, 0.15) is 47.4 Å². The summed E-state index contributed by atoms with van der Waals surface area (Å²) in [6.45, 7) is 8.15. The van der Waals surface area contributed by atoms with E-state index < -0.39 is 6.04 Å². The molecular weight excluding hydrogens is 813 g/mol. The third-order valence-corrected chi connectivity index (χ3v) is 11.3. The lowest BCUT2D eigenvalue weighted by Crippen LogP contribution is -2.55. The van der Waals surface area contributed by atoms with E-state index in [1.807, 2.05) is 50.5 Å². The zero-order chi connectivity index (χ0) is 41.0. The van der Waals surface area contributed by atoms with Crippen molar-refractivity contribution in [2.24, 2.45) is 5.73 Å². The fourth-order valence-corrected chi connectivity index (χ4v) is 7.82. The number of piperazine rings is 2. The minimum absolute atomic E-state index is 0. The van der Waals surface area contributed by atoms with Crippen molar-refractivity contribution in [1.82, 2.24) is 36.1 Å². The number of hydrogen-bond acceptors (Lipinski definition) is 11. The van der Waals surface area contributed by atoms with Gasteiger partial charge in [0.2, 0.25) is 11.8 Å². The van der Waals surface area contributed by atoms with Crippen molar-refractivity contribution in [1.29, 1.82) is 0 Å². The lowest BCUT2D eigenvalue weighted by molar-refractivity contribution is -0.123. The Morgan fingerprint density at radius 2 is 1.20 bits per heavy atom. The second kappa shape index (κ2) is 24.7. The van der Waals surface area contributed by atoms with Crippen molar-refractivity contribution in [2.75, 3.05) is 100.0 Å². The molecule has 19 heteroatoms. The molecule has 6 radical (unpaired) electrons. The first-order chi connectivity index (χ1) is 28.1. The van der Waals surface area contributed by atoms with Gasteiger partial charge in [-0.15, -0.1) is 0 Å². The number of hydrogen-bond donors (Lipinski definition) is 7. The summed E-state index contributed by atoms with van der Waals surface area (Å²) in [6, 6.07) is 14.9. The Balaban J connectivity index is 0.000000355. The molecule has 4 aliphatic rings. The van der Waals surface area contributed by atoms with Crippen LogP contribution in [-0.2, 0) is 9.59 Å². The molecule has 4 saturated heterocycles. The summed E-state index contributed by atoms with van der Waals surface area (Å²) in [5, 5.41) is 21.7. The van der Waals surface area contributed by atoms with Gasteiger partial charge in [0.1, 0.15) is 17.7 Å². The molecule has 6 heterocycles. The van der Waals surface area contributed by atoms with Gasteiger partial charge in [-0.1, -0.05) is 30.6 Å². The van der Waals surface area contributed by atoms with Gasteiger partial charge in [0.05, 0.1) is 17.1 Å². The number of rotatable bonds is 5. The van der Waals surface area contributed by atoms with Crippen LogP contribution in [0.2, 0.25) is 10.0 Å². The molecule has 4 aliphatic heterocycles. The number of nitrogens with zero attached hydrogens (tertiary/aromatic N) is 5. The maximum atomic E-state index is 12.7. The summed E-state index contributed by atoms with van der Waals surface area (Å²) in [5.41, 5.74) is 9.54. The monoisotopic (exact) mass is 875 g/mol. The van der Waals surface area contributed by atoms with E-state index in [0.717, 1.165) is 109 Å². The Kier molecular flexibility index (Phi) is 20.5. The van der Waals surface area contributed by atoms with Gasteiger partial charge < -0.3 is 52.3 Å². The van der Waals surface area contributed by atoms with Crippen LogP contribution in [0.4, 0.5) is 27.8 Å². The molecule has 0 saturated carbocycles. The molecule has 8 N–H and O–H groups in total. The van der Waals surface area contributed by atoms with Gasteiger partial charge in [0.15, 0.2) is 0 Å². The molecule has 4 aromatic rings. The Bertz CT molecular complexity index is 2060. The topological polar surface area (TPSA) is 185 Å². The molecular formula is C42H62B2Cl2N12O3. The van der Waals surface area contributed by atoms with Gasteiger partial charge in [0, 0.05) is 142 Å². The van der Waals surface area contributed by atoms with Crippen LogP contribution >= 0.6 is 23.2 Å². The summed E-state index contributed by atoms with van der Waals surface area (Å²) in [6.07, 6.45) is 5.56. The molecule has 0 bridgehead atoms. The number of carbonyl (C=O) groups is 3. The summed E-state index contributed by atoms with van der Waals surface area (Å²) in [4.78, 5) is 51.2. The van der Waals surface area contributed by atoms with Crippen molar-refractivity contribution in [3.8, 4) is 0 Å². The third-order valence-electron chi connectivity index (χ3n) is 10.8. The summed E-state index contributed by atoms with van der Waals surface area (Å²) in [5.74, 6) is 1.58. The van der Waals surface area contributed by atoms with Crippen molar-refractivity contribution in [3.63, 3.8) is 0 Å². The SMILES string of the molecule is C.CNc1cc(N2CCN(C(=O)N[C@H]3CCCCNC3=O)CC2)c2ccc(Cl)cc2n1.CNc1cc(N2CCNCC2)c2ccc(Cl)cc2n1.N[C@H]1CCCCNC1=O.[2HH].[B].[B]. The lowest BCUT2D eigenvalue weighted by atomic mass is 10.1. The van der Waals surface area contributed by atoms with Crippen LogP contribution in [0, 0.1) is 0 Å². The number of halogens is 2. The highest BCUT2D eigenvalue weighted by atomic mass is 35.5. The Hall–Kier alpha value is -4.70. The maximum Gasteiger partial charge on any atom is 0.318 e. The Morgan fingerprint density at radius 1 is 0.705 bits per heavy atom. The van der Waals surface area contributed by atoms with Crippen molar-refractivity contribution in [2.45, 2.75) is 58.0 Å². The highest BCUT2D eigenvalue weighted by Gasteiger charge is 2.28. The minimum atomic E-state index is -0.440. The zero-order valence-corrected chi connectivity index (χ0v) is 36.0. The van der Waals surface area contributed by atoms with Crippen LogP contribution < -0.4 is 47.4 Å². The van der Waals surface area contributed by atoms with Crippen molar-refractivity contribution in [3.05, 3.63) is 58.6 Å². The Morgan fingerprint density at radius 3 is 1.72 bits per heavy atom. The predicted octanol–water partition coefficient (Wildman–Crippen LogP) is 4.50. The largest absolute Gasteiger partial charge is 0.373 e. The second-order valence-electron chi connectivity index (χ2n) is 14.8. The summed E-state index contributed by atoms with van der Waals surface area (Å²) >= 11 is 12.2. The number of carbonyl (C=O) groups excluding carboxylic acids is 3. The van der Waals surface area contributed by atoms with Crippen molar-refractivity contribution < 1.29 is 15.8 Å². The van der Waals surface area contributed by atoms with E-state index >= 15 is 0 Å². The Labute approximate surface area is 375 Å². The molecule has 0 spiro atoms. The maximum absolute atomic E-state index is 12.7. The van der Waals surface area contributed by atoms with Gasteiger partial charge in [-0.25, -0.2) is 14.8 Å². The average Bonchev–Trinajstić information content (AvgIpc) is 3.57. The van der Waals surface area contributed by atoms with Gasteiger partial charge >= 0.3 is 6.03 Å². The molecule has 0 unspecified atom stereocenters. The number of benzene rings is 2. The van der Waals surface area contributed by atoms with E-state index in [0.29, 0.717) is 44.2 Å². The number of aromatic nitrogens is 2. The standard InChI is InChI=1S/C21H27ClN6O2.C14H17ClN4.C6H12N2O.CH4.2B.H2/c1-23-19-13-18(15-6-5-14(22)12-17(15)25-19)27-8-10-28(11-9-27)21(30)26-16-4-2-3-7-24-20(16)29;1-16-14-9-13(19-6-4-17-5-7-19)11-3-2-10(15)8-12(11)18-14;7-5-3-1-2-4-8-6(5)9;;;;/h5-6,12-13,16H,2-4,7-11H2,1H3,(H,23,25)(H,24,29)(H,26,30);2-3,8-9,17H,4-7H2,1H3,(H,16,18);5H,1-4,7H2,(H,8,9);1H4;;;1H/t16-;;5-;;;;/m0.0..../s1/i;;;;;;1+1. The van der Waals surface area contributed by atoms with E-state index in [9.17, 15) is 14.4 Å². The van der Waals surface area contributed by atoms with E-state index in [2.05, 4.69) is 63.8 Å². The first-order valence-electron chi connectivity index (χ1n) is 20.3. The van der Waals surface area contributed by atoms with Gasteiger partial charge in [0.25, 0.3) is 0 Å². The fraction of sp³-hybridized carbons (Fsp3) is 0.500. The number of anilines is 4. The van der Waals surface area contributed by atoms with E-state index in [-0.39, 0.29) is 49.6 Å². The fourth-order valence-electron chi connectivity index (χ4n) is 7.48. The molecule has 2 aromatic carbocycles. The van der Waals surface area contributed by atoms with E-state index in [1.54, 1.807) is 4.90 Å². The van der Waals surface area contributed by atoms with Crippen LogP contribution in [0.5, 0.6) is 0 Å². The number of fused-ring (bicyclic) bond motifs is 2. The molecule has 2 aromatic heterocycles. The van der Waals surface area contributed by atoms with Crippen molar-refractivity contribution >= 4 is 103 Å². The zero-order valence-electron chi connectivity index (χ0n) is 34.5. The van der Waals surface area contributed by atoms with Crippen LogP contribution in [-0.4, -0.2) is 141 Å². The molecule has 4 fully saturated rings. The van der Waals surface area contributed by atoms with Crippen LogP contribution in [0.15, 0.2) is 48.5 Å². The third kappa shape index (κ3) is 13.6. The summed E-state index contributed by atoms with van der Waals surface area (Å²) in [7, 11) is 3.73. The van der Waals surface area contributed by atoms with Gasteiger partial charge in [-0.3, -0.25) is 9.59 Å². The molecule has 15 nitrogen and oxygen atoms in total. The molecule has 2 atom stereocenters. The second-order valence-corrected chi connectivity index (χ2v) is 15.6. The highest BCUT2D eigenvalue weighted by Crippen LogP contribution is 2.32. The normalized spacial score (nSPS) is 19.0. The highest BCUT2D eigenvalue weighted by molar-refractivity contribution is 6.31. The van der Waals surface area contributed by atoms with Crippen LogP contribution in [0.25, 0.3) is 21.8 Å². The first-order valence-corrected chi connectivity index (χ1v) is 21.0. The minimum Gasteiger partial charge on any atom is -0.373 e. The van der Waals surface area contributed by atoms with Crippen LogP contribution in [0.3, 0.4) is 0 Å². The number of amides is 4. The van der Waals surface area contributed by atoms with Gasteiger partial charge in [-0.2, -0.15) is 0 Å². The number of nitrogens with two attached hydrogens (primary N) is 1. The smallest absolute Gasteiger partial charge is 0.318 e. The average molecular weight is 877 g/mol. The first kappa shape index (κ1) is 50.7. The summed E-state index contributed by atoms with van der Waals surface area (Å²) < 4.78 is 0. The number of urea groups is 1. The molecule has 4 amide bonds. The molecule has 8 rings (SSSR count). The molecule has 0 aliphatic carbocycles. The van der Waals surface area contributed by atoms with Gasteiger partial charge in [-0.05, 0) is 74.9 Å². The number of pyridine rings is 2.